The van der Waals surface area contributed by atoms with Gasteiger partial charge in [-0.1, -0.05) is 6.08 Å². The maximum atomic E-state index is 3.59. The number of allylic oxidation sites excluding steroid dienone is 1. The summed E-state index contributed by atoms with van der Waals surface area (Å²) in [5.74, 6) is 0. The molecule has 0 N–H and O–H groups in total. The van der Waals surface area contributed by atoms with E-state index in [4.69, 9.17) is 0 Å². The maximum absolute atomic E-state index is 3.59. The zero-order valence-electron chi connectivity index (χ0n) is 3.33. The van der Waals surface area contributed by atoms with Crippen LogP contribution < -0.4 is 5.43 Å². The fourth-order valence-corrected chi connectivity index (χ4v) is 0.302. The number of nitrogens with zero attached hydrogens (tertiary/aromatic N) is 2. The lowest BCUT2D eigenvalue weighted by Crippen LogP contribution is -1.88. The van der Waals surface area contributed by atoms with E-state index < -0.39 is 0 Å². The number of hydrogen-bond acceptors (Lipinski definition) is 1. The van der Waals surface area contributed by atoms with Gasteiger partial charge in [0.2, 0.25) is 0 Å². The van der Waals surface area contributed by atoms with Gasteiger partial charge >= 0.3 is 0 Å². The van der Waals surface area contributed by atoms with Gasteiger partial charge in [-0.25, -0.2) is 0 Å². The lowest BCUT2D eigenvalue weighted by molar-refractivity contribution is 0.927. The monoisotopic (exact) mass is 81.0 g/mol. The Bertz CT molecular complexity index is 63.5. The zero-order chi connectivity index (χ0) is 4.24. The molecule has 0 unspecified atom stereocenters. The minimum atomic E-state index is 0.934. The maximum Gasteiger partial charge on any atom is 0.0459 e. The second kappa shape index (κ2) is 1.60. The second-order valence-corrected chi connectivity index (χ2v) is 1.03. The summed E-state index contributed by atoms with van der Waals surface area (Å²) in [5.41, 5.74) is 3.57. The third-order valence-electron chi connectivity index (χ3n) is 0.562. The van der Waals surface area contributed by atoms with E-state index in [0.717, 1.165) is 6.42 Å². The first-order valence-corrected chi connectivity index (χ1v) is 1.87. The van der Waals surface area contributed by atoms with Gasteiger partial charge in [-0.2, -0.15) is 10.5 Å². The summed E-state index contributed by atoms with van der Waals surface area (Å²) < 4.78 is 0. The van der Waals surface area contributed by atoms with E-state index in [0.29, 0.717) is 0 Å². The van der Waals surface area contributed by atoms with Crippen molar-refractivity contribution in [2.24, 2.45) is 5.10 Å². The highest BCUT2D eigenvalue weighted by Crippen LogP contribution is 1.82. The van der Waals surface area contributed by atoms with Crippen LogP contribution in [-0.2, 0) is 0 Å². The summed E-state index contributed by atoms with van der Waals surface area (Å²) >= 11 is 0. The molecule has 0 saturated heterocycles. The lowest BCUT2D eigenvalue weighted by Gasteiger charge is -1.87. The van der Waals surface area contributed by atoms with Crippen LogP contribution in [0.2, 0.25) is 0 Å². The van der Waals surface area contributed by atoms with Gasteiger partial charge < -0.3 is 0 Å². The van der Waals surface area contributed by atoms with E-state index in [1.54, 1.807) is 12.4 Å². The van der Waals surface area contributed by atoms with E-state index in [1.165, 1.54) is 0 Å². The van der Waals surface area contributed by atoms with E-state index >= 15 is 0 Å². The predicted molar refractivity (Wildman–Crippen MR) is 24.4 cm³/mol. The van der Waals surface area contributed by atoms with Crippen molar-refractivity contribution < 1.29 is 0 Å². The Morgan fingerprint density at radius 1 is 1.50 bits per heavy atom. The van der Waals surface area contributed by atoms with Crippen LogP contribution in [0.1, 0.15) is 6.42 Å². The second-order valence-electron chi connectivity index (χ2n) is 1.03. The van der Waals surface area contributed by atoms with Crippen molar-refractivity contribution >= 4 is 6.21 Å². The number of rotatable bonds is 0. The summed E-state index contributed by atoms with van der Waals surface area (Å²) in [6.07, 6.45) is 6.34. The molecule has 1 aliphatic heterocycles. The molecule has 2 nitrogen and oxygen atoms in total. The van der Waals surface area contributed by atoms with Gasteiger partial charge in [0.25, 0.3) is 0 Å². The van der Waals surface area contributed by atoms with Crippen LogP contribution in [0.3, 0.4) is 0 Å². The Morgan fingerprint density at radius 3 is 2.67 bits per heavy atom. The van der Waals surface area contributed by atoms with Gasteiger partial charge in [0.15, 0.2) is 0 Å². The minimum absolute atomic E-state index is 0.934. The molecular weight excluding hydrogens is 76.1 g/mol. The zero-order valence-corrected chi connectivity index (χ0v) is 3.33. The molecule has 1 radical (unpaired) electrons. The summed E-state index contributed by atoms with van der Waals surface area (Å²) in [5, 5.41) is 3.59. The van der Waals surface area contributed by atoms with Crippen molar-refractivity contribution in [3.63, 3.8) is 0 Å². The average Bonchev–Trinajstić information content (AvgIpc) is 1.72. The lowest BCUT2D eigenvalue weighted by atomic mass is 10.4. The molecule has 1 aliphatic rings. The van der Waals surface area contributed by atoms with Crippen molar-refractivity contribution in [2.45, 2.75) is 6.42 Å². The van der Waals surface area contributed by atoms with Crippen LogP contribution in [0.25, 0.3) is 0 Å². The highest BCUT2D eigenvalue weighted by molar-refractivity contribution is 5.59. The molecule has 0 aromatic heterocycles. The quantitative estimate of drug-likeness (QED) is 0.406. The van der Waals surface area contributed by atoms with E-state index in [1.807, 2.05) is 6.08 Å². The third-order valence-corrected chi connectivity index (χ3v) is 0.562. The van der Waals surface area contributed by atoms with Gasteiger partial charge in [-0.15, -0.1) is 0 Å². The van der Waals surface area contributed by atoms with Gasteiger partial charge in [-0.05, 0) is 0 Å². The molecule has 0 spiro atoms. The molecule has 1 heterocycles. The van der Waals surface area contributed by atoms with Crippen molar-refractivity contribution in [1.82, 2.24) is 5.43 Å². The van der Waals surface area contributed by atoms with Crippen molar-refractivity contribution in [2.75, 3.05) is 0 Å². The third kappa shape index (κ3) is 0.578. The van der Waals surface area contributed by atoms with Crippen LogP contribution in [0.5, 0.6) is 0 Å². The Labute approximate surface area is 36.6 Å². The highest BCUT2D eigenvalue weighted by Gasteiger charge is 1.77. The van der Waals surface area contributed by atoms with Gasteiger partial charge in [0.05, 0.1) is 0 Å². The highest BCUT2D eigenvalue weighted by atomic mass is 15.3. The van der Waals surface area contributed by atoms with Crippen LogP contribution in [-0.4, -0.2) is 6.21 Å². The summed E-state index contributed by atoms with van der Waals surface area (Å²) in [6.45, 7) is 0. The van der Waals surface area contributed by atoms with E-state index in [9.17, 15) is 0 Å². The largest absolute Gasteiger partial charge is 0.163 e. The van der Waals surface area contributed by atoms with Crippen LogP contribution in [0.4, 0.5) is 0 Å². The molecule has 1 rings (SSSR count). The van der Waals surface area contributed by atoms with E-state index in [2.05, 4.69) is 10.5 Å². The molecule has 0 saturated carbocycles. The predicted octanol–water partition coefficient (Wildman–Crippen LogP) is 0.494. The number of hydrogen-bond donors (Lipinski definition) is 0. The topological polar surface area (TPSA) is 26.5 Å². The van der Waals surface area contributed by atoms with Crippen LogP contribution in [0, 0.1) is 0 Å². The molecule has 0 fully saturated rings. The molecule has 31 valence electrons. The normalized spacial score (nSPS) is 17.3. The molecule has 0 amide bonds. The SMILES string of the molecule is C1=C[N]N=CC1. The van der Waals surface area contributed by atoms with Crippen LogP contribution >= 0.6 is 0 Å². The fraction of sp³-hybridized carbons (Fsp3) is 0.250. The first kappa shape index (κ1) is 3.40. The van der Waals surface area contributed by atoms with Crippen LogP contribution in [0.15, 0.2) is 17.4 Å². The van der Waals surface area contributed by atoms with Crippen molar-refractivity contribution in [3.8, 4) is 0 Å². The molecule has 0 aromatic rings. The first-order chi connectivity index (χ1) is 3.00. The summed E-state index contributed by atoms with van der Waals surface area (Å²) in [4.78, 5) is 0. The van der Waals surface area contributed by atoms with Crippen molar-refractivity contribution in [1.29, 1.82) is 0 Å². The molecule has 0 atom stereocenters. The summed E-state index contributed by atoms with van der Waals surface area (Å²) in [6, 6.07) is 0. The smallest absolute Gasteiger partial charge is 0.0459 e. The Balaban J connectivity index is 2.40. The Morgan fingerprint density at radius 2 is 2.50 bits per heavy atom. The molecular formula is C4H5N2. The van der Waals surface area contributed by atoms with E-state index in [-0.39, 0.29) is 0 Å². The molecule has 0 aliphatic carbocycles. The van der Waals surface area contributed by atoms with Gasteiger partial charge in [-0.3, -0.25) is 0 Å². The molecule has 0 bridgehead atoms. The first-order valence-electron chi connectivity index (χ1n) is 1.87. The standard InChI is InChI=1S/C4H5N2/c1-2-4-6-5-3-1/h1,3-4H,2H2. The summed E-state index contributed by atoms with van der Waals surface area (Å²) in [7, 11) is 0. The Hall–Kier alpha value is -0.790. The molecule has 0 aromatic carbocycles. The van der Waals surface area contributed by atoms with Crippen molar-refractivity contribution in [3.05, 3.63) is 12.3 Å². The van der Waals surface area contributed by atoms with Gasteiger partial charge in [0, 0.05) is 18.8 Å². The molecule has 6 heavy (non-hydrogen) atoms. The molecule has 2 heteroatoms. The minimum Gasteiger partial charge on any atom is -0.163 e. The fourth-order valence-electron chi connectivity index (χ4n) is 0.302. The average molecular weight is 81.1 g/mol. The van der Waals surface area contributed by atoms with Gasteiger partial charge in [0.1, 0.15) is 0 Å². The Kier molecular flexibility index (Phi) is 0.906.